The highest BCUT2D eigenvalue weighted by molar-refractivity contribution is 7.89. The standard InChI is InChI=1S/C13H20N2O3S/c1-4-10(3)15-13(16)11-6-8-12(9-7-11)19(17,18)14-5-2/h6-10,14H,4-5H2,1-3H3,(H,15,16). The molecular formula is C13H20N2O3S. The summed E-state index contributed by atoms with van der Waals surface area (Å²) in [5, 5.41) is 2.83. The summed E-state index contributed by atoms with van der Waals surface area (Å²) < 4.78 is 25.9. The minimum Gasteiger partial charge on any atom is -0.350 e. The van der Waals surface area contributed by atoms with Gasteiger partial charge in [-0.2, -0.15) is 0 Å². The Morgan fingerprint density at radius 1 is 1.21 bits per heavy atom. The Morgan fingerprint density at radius 3 is 2.26 bits per heavy atom. The number of nitrogens with one attached hydrogen (secondary N) is 2. The van der Waals surface area contributed by atoms with Gasteiger partial charge in [0.2, 0.25) is 10.0 Å². The molecule has 1 amide bonds. The molecule has 0 aromatic heterocycles. The van der Waals surface area contributed by atoms with Crippen molar-refractivity contribution in [1.82, 2.24) is 10.0 Å². The Balaban J connectivity index is 2.85. The van der Waals surface area contributed by atoms with Gasteiger partial charge < -0.3 is 5.32 Å². The predicted octanol–water partition coefficient (Wildman–Crippen LogP) is 1.51. The first kappa shape index (κ1) is 15.7. The Labute approximate surface area is 114 Å². The number of rotatable bonds is 6. The summed E-state index contributed by atoms with van der Waals surface area (Å²) in [5.74, 6) is -0.193. The van der Waals surface area contributed by atoms with E-state index in [4.69, 9.17) is 0 Å². The van der Waals surface area contributed by atoms with Crippen LogP contribution >= 0.6 is 0 Å². The molecular weight excluding hydrogens is 264 g/mol. The van der Waals surface area contributed by atoms with Crippen LogP contribution in [0.1, 0.15) is 37.6 Å². The van der Waals surface area contributed by atoms with Crippen LogP contribution in [0.25, 0.3) is 0 Å². The van der Waals surface area contributed by atoms with Gasteiger partial charge in [-0.1, -0.05) is 13.8 Å². The van der Waals surface area contributed by atoms with Crippen LogP contribution in [0.5, 0.6) is 0 Å². The minimum absolute atomic E-state index is 0.0951. The molecule has 6 heteroatoms. The smallest absolute Gasteiger partial charge is 0.251 e. The highest BCUT2D eigenvalue weighted by atomic mass is 32.2. The first-order chi connectivity index (χ1) is 8.90. The molecule has 19 heavy (non-hydrogen) atoms. The van der Waals surface area contributed by atoms with Crippen molar-refractivity contribution >= 4 is 15.9 Å². The van der Waals surface area contributed by atoms with Gasteiger partial charge >= 0.3 is 0 Å². The van der Waals surface area contributed by atoms with E-state index in [-0.39, 0.29) is 16.8 Å². The van der Waals surface area contributed by atoms with E-state index in [0.717, 1.165) is 6.42 Å². The number of carbonyl (C=O) groups is 1. The molecule has 0 saturated carbocycles. The van der Waals surface area contributed by atoms with Crippen LogP contribution in [0, 0.1) is 0 Å². The minimum atomic E-state index is -3.46. The summed E-state index contributed by atoms with van der Waals surface area (Å²) in [6, 6.07) is 5.99. The Kier molecular flexibility index (Phi) is 5.50. The number of amides is 1. The average Bonchev–Trinajstić information content (AvgIpc) is 2.38. The van der Waals surface area contributed by atoms with Crippen LogP contribution < -0.4 is 10.0 Å². The lowest BCUT2D eigenvalue weighted by molar-refractivity contribution is 0.0939. The molecule has 0 aliphatic carbocycles. The van der Waals surface area contributed by atoms with Crippen molar-refractivity contribution in [3.05, 3.63) is 29.8 Å². The maximum absolute atomic E-state index is 11.8. The van der Waals surface area contributed by atoms with E-state index in [1.54, 1.807) is 6.92 Å². The van der Waals surface area contributed by atoms with Gasteiger partial charge in [0.1, 0.15) is 0 Å². The molecule has 1 rings (SSSR count). The first-order valence-electron chi connectivity index (χ1n) is 6.31. The Bertz CT molecular complexity index is 523. The summed E-state index contributed by atoms with van der Waals surface area (Å²) in [5.41, 5.74) is 0.454. The summed E-state index contributed by atoms with van der Waals surface area (Å²) >= 11 is 0. The van der Waals surface area contributed by atoms with E-state index in [2.05, 4.69) is 10.0 Å². The molecule has 2 N–H and O–H groups in total. The van der Waals surface area contributed by atoms with Crippen molar-refractivity contribution in [1.29, 1.82) is 0 Å². The van der Waals surface area contributed by atoms with Crippen molar-refractivity contribution in [3.8, 4) is 0 Å². The third kappa shape index (κ3) is 4.33. The quantitative estimate of drug-likeness (QED) is 0.831. The second-order valence-corrected chi connectivity index (χ2v) is 6.08. The lowest BCUT2D eigenvalue weighted by atomic mass is 10.2. The second kappa shape index (κ2) is 6.68. The molecule has 106 valence electrons. The third-order valence-electron chi connectivity index (χ3n) is 2.75. The lowest BCUT2D eigenvalue weighted by Crippen LogP contribution is -2.32. The van der Waals surface area contributed by atoms with Gasteiger partial charge in [-0.25, -0.2) is 13.1 Å². The topological polar surface area (TPSA) is 75.3 Å². The van der Waals surface area contributed by atoms with Crippen molar-refractivity contribution in [2.45, 2.75) is 38.1 Å². The van der Waals surface area contributed by atoms with Gasteiger partial charge in [-0.15, -0.1) is 0 Å². The highest BCUT2D eigenvalue weighted by Crippen LogP contribution is 2.10. The second-order valence-electron chi connectivity index (χ2n) is 4.31. The van der Waals surface area contributed by atoms with Gasteiger partial charge in [-0.3, -0.25) is 4.79 Å². The molecule has 1 aromatic rings. The molecule has 1 unspecified atom stereocenters. The fourth-order valence-corrected chi connectivity index (χ4v) is 2.51. The van der Waals surface area contributed by atoms with E-state index in [1.165, 1.54) is 24.3 Å². The fraction of sp³-hybridized carbons (Fsp3) is 0.462. The van der Waals surface area contributed by atoms with E-state index < -0.39 is 10.0 Å². The zero-order chi connectivity index (χ0) is 14.5. The Hall–Kier alpha value is -1.40. The van der Waals surface area contributed by atoms with E-state index in [0.29, 0.717) is 12.1 Å². The summed E-state index contributed by atoms with van der Waals surface area (Å²) in [6.07, 6.45) is 0.846. The van der Waals surface area contributed by atoms with Crippen LogP contribution in [0.3, 0.4) is 0 Å². The lowest BCUT2D eigenvalue weighted by Gasteiger charge is -2.11. The van der Waals surface area contributed by atoms with Crippen LogP contribution in [0.2, 0.25) is 0 Å². The van der Waals surface area contributed by atoms with Gasteiger partial charge in [0.15, 0.2) is 0 Å². The third-order valence-corrected chi connectivity index (χ3v) is 4.31. The van der Waals surface area contributed by atoms with Crippen molar-refractivity contribution < 1.29 is 13.2 Å². The van der Waals surface area contributed by atoms with E-state index >= 15 is 0 Å². The SMILES string of the molecule is CCNS(=O)(=O)c1ccc(C(=O)NC(C)CC)cc1. The maximum atomic E-state index is 11.8. The summed E-state index contributed by atoms with van der Waals surface area (Å²) in [4.78, 5) is 12.0. The maximum Gasteiger partial charge on any atom is 0.251 e. The predicted molar refractivity (Wildman–Crippen MR) is 74.5 cm³/mol. The highest BCUT2D eigenvalue weighted by Gasteiger charge is 2.14. The van der Waals surface area contributed by atoms with Crippen molar-refractivity contribution in [2.24, 2.45) is 0 Å². The molecule has 0 saturated heterocycles. The largest absolute Gasteiger partial charge is 0.350 e. The van der Waals surface area contributed by atoms with Crippen molar-refractivity contribution in [3.63, 3.8) is 0 Å². The van der Waals surface area contributed by atoms with Crippen molar-refractivity contribution in [2.75, 3.05) is 6.54 Å². The molecule has 0 aliphatic heterocycles. The molecule has 0 radical (unpaired) electrons. The number of carbonyl (C=O) groups excluding carboxylic acids is 1. The van der Waals surface area contributed by atoms with Crippen LogP contribution in [-0.2, 0) is 10.0 Å². The molecule has 0 spiro atoms. The Morgan fingerprint density at radius 2 is 1.79 bits per heavy atom. The monoisotopic (exact) mass is 284 g/mol. The molecule has 0 heterocycles. The normalized spacial score (nSPS) is 13.0. The zero-order valence-electron chi connectivity index (χ0n) is 11.4. The fourth-order valence-electron chi connectivity index (χ4n) is 1.47. The van der Waals surface area contributed by atoms with Crippen LogP contribution in [0.15, 0.2) is 29.2 Å². The number of sulfonamides is 1. The van der Waals surface area contributed by atoms with E-state index in [1.807, 2.05) is 13.8 Å². The summed E-state index contributed by atoms with van der Waals surface area (Å²) in [7, 11) is -3.46. The van der Waals surface area contributed by atoms with Gasteiger partial charge in [0.05, 0.1) is 4.90 Å². The van der Waals surface area contributed by atoms with Crippen LogP contribution in [0.4, 0.5) is 0 Å². The van der Waals surface area contributed by atoms with E-state index in [9.17, 15) is 13.2 Å². The molecule has 5 nitrogen and oxygen atoms in total. The zero-order valence-corrected chi connectivity index (χ0v) is 12.3. The average molecular weight is 284 g/mol. The number of hydrogen-bond acceptors (Lipinski definition) is 3. The molecule has 1 aromatic carbocycles. The van der Waals surface area contributed by atoms with Gasteiger partial charge in [0, 0.05) is 18.2 Å². The molecule has 0 aliphatic rings. The van der Waals surface area contributed by atoms with Crippen LogP contribution in [-0.4, -0.2) is 26.9 Å². The molecule has 0 bridgehead atoms. The summed E-state index contributed by atoms with van der Waals surface area (Å²) in [6.45, 7) is 5.95. The molecule has 1 atom stereocenters. The number of benzene rings is 1. The van der Waals surface area contributed by atoms with Gasteiger partial charge in [-0.05, 0) is 37.6 Å². The van der Waals surface area contributed by atoms with Gasteiger partial charge in [0.25, 0.3) is 5.91 Å². The number of hydrogen-bond donors (Lipinski definition) is 2. The first-order valence-corrected chi connectivity index (χ1v) is 7.79. The molecule has 0 fully saturated rings.